The Labute approximate surface area is 146 Å². The van der Waals surface area contributed by atoms with E-state index < -0.39 is 0 Å². The lowest BCUT2D eigenvalue weighted by Crippen LogP contribution is -2.26. The Morgan fingerprint density at radius 2 is 2.12 bits per heavy atom. The molecule has 0 radical (unpaired) electrons. The van der Waals surface area contributed by atoms with Crippen molar-refractivity contribution in [1.82, 2.24) is 9.97 Å². The van der Waals surface area contributed by atoms with Gasteiger partial charge >= 0.3 is 0 Å². The molecule has 0 amide bonds. The minimum atomic E-state index is 0.291. The van der Waals surface area contributed by atoms with Crippen molar-refractivity contribution in [2.75, 3.05) is 42.3 Å². The summed E-state index contributed by atoms with van der Waals surface area (Å²) in [5, 5.41) is 13.1. The Balaban J connectivity index is 1.69. The minimum absolute atomic E-state index is 0.291. The predicted octanol–water partition coefficient (Wildman–Crippen LogP) is 2.76. The molecular formula is C17H19ClN6. The molecule has 6 nitrogen and oxygen atoms in total. The summed E-state index contributed by atoms with van der Waals surface area (Å²) in [5.41, 5.74) is 1.57. The first-order valence-electron chi connectivity index (χ1n) is 7.76. The van der Waals surface area contributed by atoms with Crippen LogP contribution in [0.4, 0.5) is 17.3 Å². The number of nitrogens with zero attached hydrogens (tertiary/aromatic N) is 5. The summed E-state index contributed by atoms with van der Waals surface area (Å²) in [7, 11) is 3.91. The predicted molar refractivity (Wildman–Crippen MR) is 96.8 cm³/mol. The van der Waals surface area contributed by atoms with Crippen LogP contribution >= 0.6 is 11.6 Å². The fourth-order valence-electron chi connectivity index (χ4n) is 2.81. The Hall–Kier alpha value is -2.52. The van der Waals surface area contributed by atoms with Crippen molar-refractivity contribution in [3.8, 4) is 6.07 Å². The Kier molecular flexibility index (Phi) is 4.72. The monoisotopic (exact) mass is 342 g/mol. The van der Waals surface area contributed by atoms with Crippen LogP contribution < -0.4 is 15.1 Å². The summed E-state index contributed by atoms with van der Waals surface area (Å²) < 4.78 is 0. The molecular weight excluding hydrogens is 324 g/mol. The maximum atomic E-state index is 9.09. The molecule has 1 N–H and O–H groups in total. The molecule has 0 bridgehead atoms. The molecule has 0 aliphatic carbocycles. The van der Waals surface area contributed by atoms with Gasteiger partial charge in [0.25, 0.3) is 0 Å². The first kappa shape index (κ1) is 16.3. The number of anilines is 3. The molecule has 3 rings (SSSR count). The highest BCUT2D eigenvalue weighted by Crippen LogP contribution is 2.26. The first-order valence-corrected chi connectivity index (χ1v) is 8.14. The molecule has 2 aromatic rings. The van der Waals surface area contributed by atoms with Crippen LogP contribution in [0.3, 0.4) is 0 Å². The number of rotatable bonds is 4. The van der Waals surface area contributed by atoms with Crippen LogP contribution in [0, 0.1) is 11.3 Å². The van der Waals surface area contributed by atoms with Gasteiger partial charge in [-0.25, -0.2) is 9.97 Å². The molecule has 7 heteroatoms. The Bertz CT molecular complexity index is 770. The number of aromatic nitrogens is 2. The zero-order valence-electron chi connectivity index (χ0n) is 13.7. The van der Waals surface area contributed by atoms with E-state index in [9.17, 15) is 0 Å². The lowest BCUT2D eigenvalue weighted by Gasteiger charge is -2.20. The van der Waals surface area contributed by atoms with Crippen molar-refractivity contribution in [2.45, 2.75) is 12.5 Å². The molecule has 1 atom stereocenters. The van der Waals surface area contributed by atoms with E-state index in [0.29, 0.717) is 16.6 Å². The van der Waals surface area contributed by atoms with Gasteiger partial charge in [0.15, 0.2) is 0 Å². The Morgan fingerprint density at radius 3 is 2.88 bits per heavy atom. The Morgan fingerprint density at radius 1 is 1.29 bits per heavy atom. The molecule has 1 aromatic heterocycles. The van der Waals surface area contributed by atoms with Gasteiger partial charge in [0.1, 0.15) is 18.0 Å². The third kappa shape index (κ3) is 3.69. The van der Waals surface area contributed by atoms with Crippen LogP contribution in [0.2, 0.25) is 5.02 Å². The number of nitriles is 1. The average molecular weight is 343 g/mol. The van der Waals surface area contributed by atoms with Crippen LogP contribution in [0.1, 0.15) is 12.0 Å². The fraction of sp³-hybridized carbons (Fsp3) is 0.353. The lowest BCUT2D eigenvalue weighted by molar-refractivity contribution is 0.799. The van der Waals surface area contributed by atoms with E-state index in [4.69, 9.17) is 16.9 Å². The van der Waals surface area contributed by atoms with Gasteiger partial charge in [-0.2, -0.15) is 5.26 Å². The molecule has 24 heavy (non-hydrogen) atoms. The van der Waals surface area contributed by atoms with E-state index in [1.165, 1.54) is 0 Å². The quantitative estimate of drug-likeness (QED) is 0.921. The maximum Gasteiger partial charge on any atom is 0.133 e. The minimum Gasteiger partial charge on any atom is -0.369 e. The largest absolute Gasteiger partial charge is 0.369 e. The molecule has 1 aliphatic heterocycles. The van der Waals surface area contributed by atoms with Gasteiger partial charge in [-0.05, 0) is 24.6 Å². The van der Waals surface area contributed by atoms with Gasteiger partial charge < -0.3 is 15.1 Å². The number of benzene rings is 1. The van der Waals surface area contributed by atoms with Crippen LogP contribution in [0.15, 0.2) is 30.6 Å². The van der Waals surface area contributed by atoms with Crippen molar-refractivity contribution >= 4 is 28.9 Å². The number of halogens is 1. The van der Waals surface area contributed by atoms with Crippen molar-refractivity contribution in [3.05, 3.63) is 41.2 Å². The van der Waals surface area contributed by atoms with Gasteiger partial charge in [-0.1, -0.05) is 11.6 Å². The fourth-order valence-corrected chi connectivity index (χ4v) is 3.04. The van der Waals surface area contributed by atoms with E-state index in [0.717, 1.165) is 36.8 Å². The van der Waals surface area contributed by atoms with Crippen molar-refractivity contribution in [3.63, 3.8) is 0 Å². The van der Waals surface area contributed by atoms with Crippen LogP contribution in [0.5, 0.6) is 0 Å². The molecule has 1 aliphatic rings. The highest BCUT2D eigenvalue weighted by Gasteiger charge is 2.23. The first-order chi connectivity index (χ1) is 11.5. The lowest BCUT2D eigenvalue weighted by atomic mass is 10.2. The van der Waals surface area contributed by atoms with Crippen molar-refractivity contribution in [1.29, 1.82) is 5.26 Å². The summed E-state index contributed by atoms with van der Waals surface area (Å²) >= 11 is 6.11. The summed E-state index contributed by atoms with van der Waals surface area (Å²) in [6.45, 7) is 1.75. The van der Waals surface area contributed by atoms with E-state index in [1.54, 1.807) is 12.4 Å². The number of hydrogen-bond acceptors (Lipinski definition) is 6. The summed E-state index contributed by atoms with van der Waals surface area (Å²) in [5.74, 6) is 1.69. The molecule has 1 unspecified atom stereocenters. The van der Waals surface area contributed by atoms with Gasteiger partial charge in [-0.3, -0.25) is 0 Å². The number of hydrogen-bond donors (Lipinski definition) is 1. The summed E-state index contributed by atoms with van der Waals surface area (Å²) in [6, 6.07) is 9.84. The van der Waals surface area contributed by atoms with E-state index >= 15 is 0 Å². The van der Waals surface area contributed by atoms with E-state index in [1.807, 2.05) is 37.2 Å². The van der Waals surface area contributed by atoms with Gasteiger partial charge in [0, 0.05) is 50.0 Å². The SMILES string of the molecule is CN(C)c1cc(NC2CCN(c3cc(Cl)cc(C#N)c3)C2)ncn1. The zero-order chi connectivity index (χ0) is 17.1. The normalized spacial score (nSPS) is 16.8. The zero-order valence-corrected chi connectivity index (χ0v) is 14.5. The van der Waals surface area contributed by atoms with Crippen LogP contribution in [-0.2, 0) is 0 Å². The third-order valence-corrected chi connectivity index (χ3v) is 4.25. The van der Waals surface area contributed by atoms with Crippen LogP contribution in [-0.4, -0.2) is 43.2 Å². The second-order valence-corrected chi connectivity index (χ2v) is 6.48. The number of nitrogens with one attached hydrogen (secondary N) is 1. The average Bonchev–Trinajstić information content (AvgIpc) is 3.03. The van der Waals surface area contributed by atoms with Crippen molar-refractivity contribution in [2.24, 2.45) is 0 Å². The smallest absolute Gasteiger partial charge is 0.133 e. The van der Waals surface area contributed by atoms with Gasteiger partial charge in [-0.15, -0.1) is 0 Å². The molecule has 1 aromatic carbocycles. The third-order valence-electron chi connectivity index (χ3n) is 4.03. The molecule has 0 spiro atoms. The standard InChI is InChI=1S/C17H19ClN6/c1-23(2)17-8-16(20-11-21-17)22-14-3-4-24(10-14)15-6-12(9-19)5-13(18)7-15/h5-8,11,14H,3-4,10H2,1-2H3,(H,20,21,22). The molecule has 1 saturated heterocycles. The van der Waals surface area contributed by atoms with Crippen LogP contribution in [0.25, 0.3) is 0 Å². The molecule has 124 valence electrons. The van der Waals surface area contributed by atoms with Gasteiger partial charge in [0.05, 0.1) is 11.6 Å². The van der Waals surface area contributed by atoms with E-state index in [-0.39, 0.29) is 0 Å². The summed E-state index contributed by atoms with van der Waals surface area (Å²) in [6.07, 6.45) is 2.57. The molecule has 2 heterocycles. The van der Waals surface area contributed by atoms with Crippen molar-refractivity contribution < 1.29 is 0 Å². The van der Waals surface area contributed by atoms with E-state index in [2.05, 4.69) is 26.3 Å². The maximum absolute atomic E-state index is 9.09. The van der Waals surface area contributed by atoms with Gasteiger partial charge in [0.2, 0.25) is 0 Å². The molecule has 0 saturated carbocycles. The second kappa shape index (κ2) is 6.93. The topological polar surface area (TPSA) is 68.1 Å². The summed E-state index contributed by atoms with van der Waals surface area (Å²) in [4.78, 5) is 12.7. The molecule has 1 fully saturated rings. The highest BCUT2D eigenvalue weighted by atomic mass is 35.5. The second-order valence-electron chi connectivity index (χ2n) is 6.04. The highest BCUT2D eigenvalue weighted by molar-refractivity contribution is 6.31.